The topological polar surface area (TPSA) is 120 Å². The molecule has 0 saturated carbocycles. The number of hydrogen-bond donors (Lipinski definition) is 1. The number of rotatable bonds is 5. The molecule has 2 heterocycles. The minimum Gasteiger partial charge on any atom is -0.457 e. The van der Waals surface area contributed by atoms with Gasteiger partial charge in [0.05, 0.1) is 6.61 Å². The molecule has 2 fully saturated rings. The van der Waals surface area contributed by atoms with Crippen molar-refractivity contribution >= 4 is 11.7 Å². The maximum Gasteiger partial charge on any atom is 0.419 e. The molecule has 0 bridgehead atoms. The quantitative estimate of drug-likeness (QED) is 0.313. The molecule has 0 amide bonds. The second-order valence-electron chi connectivity index (χ2n) is 5.42. The molecule has 0 aromatic heterocycles. The first-order valence-electron chi connectivity index (χ1n) is 6.95. The molecule has 0 aromatic carbocycles. The fourth-order valence-corrected chi connectivity index (χ4v) is 2.62. The lowest BCUT2D eigenvalue weighted by Gasteiger charge is -2.24. The Labute approximate surface area is 127 Å². The third kappa shape index (κ3) is 3.05. The Balaban J connectivity index is 2.20. The SMILES string of the molecule is CCOC(=O)C(=[N+]=[N-])[C@@H](O)[C@H]1O[C@@H](OC)[C@@H]2OC(C)(C)O[C@@H]21. The van der Waals surface area contributed by atoms with Crippen molar-refractivity contribution < 1.29 is 38.4 Å². The van der Waals surface area contributed by atoms with E-state index in [1.165, 1.54) is 7.11 Å². The van der Waals surface area contributed by atoms with Crippen LogP contribution in [0.1, 0.15) is 20.8 Å². The Kier molecular flexibility index (Phi) is 4.96. The maximum absolute atomic E-state index is 11.7. The molecule has 0 spiro atoms. The van der Waals surface area contributed by atoms with Crippen LogP contribution in [0, 0.1) is 0 Å². The number of methoxy groups -OCH3 is 1. The second-order valence-corrected chi connectivity index (χ2v) is 5.42. The van der Waals surface area contributed by atoms with Crippen molar-refractivity contribution in [1.82, 2.24) is 0 Å². The van der Waals surface area contributed by atoms with Crippen molar-refractivity contribution in [3.63, 3.8) is 0 Å². The Hall–Kier alpha value is -1.35. The van der Waals surface area contributed by atoms with Gasteiger partial charge in [-0.1, -0.05) is 0 Å². The van der Waals surface area contributed by atoms with Gasteiger partial charge in [0.1, 0.15) is 18.3 Å². The standard InChI is InChI=1S/C13H20N2O7/c1-5-19-11(17)6(15-14)7(16)8-9-10(12(18-4)20-8)22-13(2,3)21-9/h7-10,12,16H,5H2,1-4H3/t7-,8-,9-,10-,12-/m1/s1. The number of hydrogen-bond acceptors (Lipinski definition) is 7. The van der Waals surface area contributed by atoms with E-state index >= 15 is 0 Å². The van der Waals surface area contributed by atoms with E-state index in [9.17, 15) is 9.90 Å². The van der Waals surface area contributed by atoms with Gasteiger partial charge in [-0.3, -0.25) is 0 Å². The van der Waals surface area contributed by atoms with Gasteiger partial charge >= 0.3 is 11.7 Å². The molecule has 5 atom stereocenters. The Morgan fingerprint density at radius 2 is 2.05 bits per heavy atom. The van der Waals surface area contributed by atoms with Crippen molar-refractivity contribution in [1.29, 1.82) is 0 Å². The molecule has 0 unspecified atom stereocenters. The Morgan fingerprint density at radius 3 is 2.59 bits per heavy atom. The summed E-state index contributed by atoms with van der Waals surface area (Å²) in [6, 6.07) is 0. The third-order valence-corrected chi connectivity index (χ3v) is 3.46. The fourth-order valence-electron chi connectivity index (χ4n) is 2.62. The summed E-state index contributed by atoms with van der Waals surface area (Å²) in [4.78, 5) is 14.5. The highest BCUT2D eigenvalue weighted by Gasteiger charge is 2.59. The fraction of sp³-hybridized carbons (Fsp3) is 0.846. The normalized spacial score (nSPS) is 33.9. The van der Waals surface area contributed by atoms with E-state index in [-0.39, 0.29) is 6.61 Å². The summed E-state index contributed by atoms with van der Waals surface area (Å²) in [5.74, 6) is -1.81. The van der Waals surface area contributed by atoms with E-state index in [4.69, 9.17) is 29.2 Å². The predicted octanol–water partition coefficient (Wildman–Crippen LogP) is -0.527. The average Bonchev–Trinajstić information content (AvgIpc) is 2.92. The highest BCUT2D eigenvalue weighted by Crippen LogP contribution is 2.40. The third-order valence-electron chi connectivity index (χ3n) is 3.46. The molecule has 2 aliphatic heterocycles. The summed E-state index contributed by atoms with van der Waals surface area (Å²) in [5.41, 5.74) is 8.43. The predicted molar refractivity (Wildman–Crippen MR) is 70.8 cm³/mol. The van der Waals surface area contributed by atoms with Crippen LogP contribution in [0.2, 0.25) is 0 Å². The van der Waals surface area contributed by atoms with Crippen molar-refractivity contribution in [2.75, 3.05) is 13.7 Å². The number of carbonyl (C=O) groups excluding carboxylic acids is 1. The largest absolute Gasteiger partial charge is 0.457 e. The van der Waals surface area contributed by atoms with Gasteiger partial charge < -0.3 is 34.3 Å². The summed E-state index contributed by atoms with van der Waals surface area (Å²) in [5, 5.41) is 10.3. The van der Waals surface area contributed by atoms with Crippen LogP contribution in [0.5, 0.6) is 0 Å². The first-order chi connectivity index (χ1) is 10.3. The number of aliphatic hydroxyl groups excluding tert-OH is 1. The van der Waals surface area contributed by atoms with Gasteiger partial charge in [0.15, 0.2) is 18.2 Å². The van der Waals surface area contributed by atoms with Crippen LogP contribution in [0.25, 0.3) is 5.53 Å². The van der Waals surface area contributed by atoms with E-state index in [0.717, 1.165) is 0 Å². The molecule has 124 valence electrons. The molecule has 22 heavy (non-hydrogen) atoms. The summed E-state index contributed by atoms with van der Waals surface area (Å²) in [6.45, 7) is 5.11. The summed E-state index contributed by atoms with van der Waals surface area (Å²) >= 11 is 0. The number of nitrogens with zero attached hydrogens (tertiary/aromatic N) is 2. The minimum atomic E-state index is -1.55. The van der Waals surface area contributed by atoms with Crippen molar-refractivity contribution in [3.05, 3.63) is 5.53 Å². The van der Waals surface area contributed by atoms with Crippen molar-refractivity contribution in [3.8, 4) is 0 Å². The Morgan fingerprint density at radius 1 is 1.41 bits per heavy atom. The van der Waals surface area contributed by atoms with Crippen LogP contribution in [-0.2, 0) is 28.5 Å². The number of carbonyl (C=O) groups is 1. The van der Waals surface area contributed by atoms with E-state index in [2.05, 4.69) is 4.79 Å². The molecule has 0 radical (unpaired) electrons. The molecule has 2 aliphatic rings. The molecule has 2 saturated heterocycles. The highest BCUT2D eigenvalue weighted by atomic mass is 16.8. The molecule has 0 aromatic rings. The van der Waals surface area contributed by atoms with Crippen LogP contribution in [-0.4, -0.2) is 71.8 Å². The molecular formula is C13H20N2O7. The molecule has 0 aliphatic carbocycles. The lowest BCUT2D eigenvalue weighted by atomic mass is 10.0. The van der Waals surface area contributed by atoms with Gasteiger partial charge in [-0.2, -0.15) is 4.79 Å². The van der Waals surface area contributed by atoms with E-state index in [1.54, 1.807) is 20.8 Å². The maximum atomic E-state index is 11.7. The zero-order valence-corrected chi connectivity index (χ0v) is 12.9. The van der Waals surface area contributed by atoms with Crippen LogP contribution >= 0.6 is 0 Å². The summed E-state index contributed by atoms with van der Waals surface area (Å²) in [7, 11) is 1.43. The molecule has 9 heteroatoms. The van der Waals surface area contributed by atoms with E-state index in [0.29, 0.717) is 0 Å². The van der Waals surface area contributed by atoms with Crippen molar-refractivity contribution in [2.45, 2.75) is 57.3 Å². The summed E-state index contributed by atoms with van der Waals surface area (Å²) < 4.78 is 26.8. The van der Waals surface area contributed by atoms with Gasteiger partial charge in [-0.05, 0) is 20.8 Å². The highest BCUT2D eigenvalue weighted by molar-refractivity contribution is 6.35. The number of aliphatic hydroxyl groups is 1. The monoisotopic (exact) mass is 316 g/mol. The molecule has 2 rings (SSSR count). The Bertz CT molecular complexity index is 489. The zero-order chi connectivity index (χ0) is 16.5. The minimum absolute atomic E-state index is 0.0789. The molecule has 9 nitrogen and oxygen atoms in total. The first-order valence-corrected chi connectivity index (χ1v) is 6.95. The smallest absolute Gasteiger partial charge is 0.419 e. The summed E-state index contributed by atoms with van der Waals surface area (Å²) in [6.07, 6.45) is -4.56. The number of ether oxygens (including phenoxy) is 5. The van der Waals surface area contributed by atoms with Gasteiger partial charge in [-0.25, -0.2) is 4.79 Å². The van der Waals surface area contributed by atoms with Crippen molar-refractivity contribution in [2.24, 2.45) is 0 Å². The number of esters is 1. The van der Waals surface area contributed by atoms with Crippen LogP contribution < -0.4 is 0 Å². The average molecular weight is 316 g/mol. The van der Waals surface area contributed by atoms with Gasteiger partial charge in [-0.15, -0.1) is 0 Å². The van der Waals surface area contributed by atoms with E-state index in [1.807, 2.05) is 0 Å². The molecule has 1 N–H and O–H groups in total. The lowest BCUT2D eigenvalue weighted by Crippen LogP contribution is -2.46. The first kappa shape index (κ1) is 17.0. The van der Waals surface area contributed by atoms with Gasteiger partial charge in [0.2, 0.25) is 0 Å². The second kappa shape index (κ2) is 6.41. The van der Waals surface area contributed by atoms with Gasteiger partial charge in [0, 0.05) is 7.11 Å². The van der Waals surface area contributed by atoms with E-state index < -0.39 is 48.2 Å². The van der Waals surface area contributed by atoms with Crippen LogP contribution in [0.3, 0.4) is 0 Å². The molecular weight excluding hydrogens is 296 g/mol. The zero-order valence-electron chi connectivity index (χ0n) is 12.9. The van der Waals surface area contributed by atoms with Crippen LogP contribution in [0.15, 0.2) is 0 Å². The lowest BCUT2D eigenvalue weighted by molar-refractivity contribution is -0.234. The van der Waals surface area contributed by atoms with Crippen LogP contribution in [0.4, 0.5) is 0 Å². The van der Waals surface area contributed by atoms with Gasteiger partial charge in [0.25, 0.3) is 0 Å². The number of fused-ring (bicyclic) bond motifs is 1.